The molecule has 0 aliphatic carbocycles. The van der Waals surface area contributed by atoms with E-state index in [-0.39, 0.29) is 56.2 Å². The van der Waals surface area contributed by atoms with Crippen LogP contribution in [0.15, 0.2) is 48.5 Å². The number of fused-ring (bicyclic) bond motifs is 1. The summed E-state index contributed by atoms with van der Waals surface area (Å²) in [6, 6.07) is 12.6. The third-order valence-corrected chi connectivity index (χ3v) is 5.96. The van der Waals surface area contributed by atoms with Gasteiger partial charge in [0.05, 0.1) is 24.3 Å². The number of rotatable bonds is 12. The van der Waals surface area contributed by atoms with Gasteiger partial charge >= 0.3 is 5.97 Å². The van der Waals surface area contributed by atoms with E-state index in [1.54, 1.807) is 0 Å². The van der Waals surface area contributed by atoms with Crippen molar-refractivity contribution in [3.63, 3.8) is 0 Å². The lowest BCUT2D eigenvalue weighted by Gasteiger charge is -2.27. The molecule has 2 aromatic carbocycles. The van der Waals surface area contributed by atoms with E-state index in [4.69, 9.17) is 9.47 Å². The molecule has 2 aliphatic heterocycles. The largest absolute Gasteiger partial charge is 0.483 e. The van der Waals surface area contributed by atoms with Crippen molar-refractivity contribution in [1.29, 1.82) is 0 Å². The van der Waals surface area contributed by atoms with E-state index in [9.17, 15) is 28.8 Å². The molecule has 2 aromatic rings. The molecule has 4 N–H and O–H groups in total. The topological polar surface area (TPSA) is 172 Å². The predicted molar refractivity (Wildman–Crippen MR) is 134 cm³/mol. The Kier molecular flexibility index (Phi) is 8.97. The zero-order chi connectivity index (χ0) is 27.8. The lowest BCUT2D eigenvalue weighted by Crippen LogP contribution is -2.54. The fraction of sp³-hybridized carbons (Fsp3) is 0.308. The summed E-state index contributed by atoms with van der Waals surface area (Å²) in [5.41, 5.74) is 0.899. The van der Waals surface area contributed by atoms with Gasteiger partial charge in [-0.2, -0.15) is 0 Å². The maximum absolute atomic E-state index is 13.0. The molecule has 39 heavy (non-hydrogen) atoms. The smallest absolute Gasteiger partial charge is 0.320 e. The molecule has 204 valence electrons. The standard InChI is InChI=1S/C26H27N5O8/c32-20-10-9-18(24(35)30-20)31-25(36)17-7-4-8-19(23(17)26(31)37)38-13-21(33)29-15-28-14-27-11-22(34)39-12-16-5-2-1-3-6-16/h1-8,18,27-28H,9-15H2,(H,29,33)(H,30,32,35). The molecule has 1 saturated heterocycles. The summed E-state index contributed by atoms with van der Waals surface area (Å²) in [4.78, 5) is 74.3. The van der Waals surface area contributed by atoms with Gasteiger partial charge in [-0.05, 0) is 24.1 Å². The van der Waals surface area contributed by atoms with Crippen molar-refractivity contribution < 1.29 is 38.2 Å². The minimum Gasteiger partial charge on any atom is -0.483 e. The highest BCUT2D eigenvalue weighted by Gasteiger charge is 2.46. The highest BCUT2D eigenvalue weighted by Crippen LogP contribution is 2.33. The molecule has 5 amide bonds. The summed E-state index contributed by atoms with van der Waals surface area (Å²) >= 11 is 0. The third kappa shape index (κ3) is 6.83. The minimum atomic E-state index is -1.10. The number of hydrogen-bond acceptors (Lipinski definition) is 10. The molecule has 1 fully saturated rings. The Morgan fingerprint density at radius 2 is 1.74 bits per heavy atom. The Balaban J connectivity index is 1.17. The number of nitrogens with zero attached hydrogens (tertiary/aromatic N) is 1. The van der Waals surface area contributed by atoms with Gasteiger partial charge in [0.1, 0.15) is 18.4 Å². The van der Waals surface area contributed by atoms with Gasteiger partial charge in [-0.3, -0.25) is 49.6 Å². The summed E-state index contributed by atoms with van der Waals surface area (Å²) in [6.45, 7) is 0.0302. The SMILES string of the molecule is O=C(COc1cccc2c1C(=O)N(C1CCC(=O)NC1=O)C2=O)NCNCNCC(=O)OCc1ccccc1. The first kappa shape index (κ1) is 27.4. The number of benzene rings is 2. The van der Waals surface area contributed by atoms with Crippen molar-refractivity contribution in [3.8, 4) is 5.75 Å². The minimum absolute atomic E-state index is 0.00917. The molecule has 0 radical (unpaired) electrons. The van der Waals surface area contributed by atoms with Crippen molar-refractivity contribution in [1.82, 2.24) is 26.2 Å². The summed E-state index contributed by atoms with van der Waals surface area (Å²) in [5.74, 6) is -3.46. The Morgan fingerprint density at radius 1 is 0.949 bits per heavy atom. The van der Waals surface area contributed by atoms with Crippen molar-refractivity contribution in [3.05, 3.63) is 65.2 Å². The Bertz CT molecular complexity index is 1280. The van der Waals surface area contributed by atoms with Crippen LogP contribution in [0.3, 0.4) is 0 Å². The van der Waals surface area contributed by atoms with E-state index < -0.39 is 48.2 Å². The van der Waals surface area contributed by atoms with Gasteiger partial charge in [0, 0.05) is 13.1 Å². The first-order chi connectivity index (χ1) is 18.8. The molecule has 13 nitrogen and oxygen atoms in total. The van der Waals surface area contributed by atoms with Gasteiger partial charge in [-0.25, -0.2) is 0 Å². The van der Waals surface area contributed by atoms with Crippen LogP contribution in [-0.4, -0.2) is 72.9 Å². The van der Waals surface area contributed by atoms with Gasteiger partial charge in [0.15, 0.2) is 6.61 Å². The van der Waals surface area contributed by atoms with Crippen molar-refractivity contribution >= 4 is 35.5 Å². The summed E-state index contributed by atoms with van der Waals surface area (Å²) < 4.78 is 10.7. The molecular weight excluding hydrogens is 510 g/mol. The average molecular weight is 538 g/mol. The van der Waals surface area contributed by atoms with E-state index in [1.807, 2.05) is 30.3 Å². The van der Waals surface area contributed by atoms with Gasteiger partial charge in [-0.15, -0.1) is 0 Å². The first-order valence-corrected chi connectivity index (χ1v) is 12.2. The number of ether oxygens (including phenoxy) is 2. The Hall–Kier alpha value is -4.62. The third-order valence-electron chi connectivity index (χ3n) is 5.96. The van der Waals surface area contributed by atoms with E-state index in [0.29, 0.717) is 0 Å². The molecule has 4 rings (SSSR count). The number of nitrogens with one attached hydrogen (secondary N) is 4. The van der Waals surface area contributed by atoms with Crippen LogP contribution in [0.2, 0.25) is 0 Å². The number of imide groups is 2. The number of esters is 1. The van der Waals surface area contributed by atoms with Crippen LogP contribution in [0, 0.1) is 0 Å². The van der Waals surface area contributed by atoms with Crippen LogP contribution < -0.4 is 26.0 Å². The van der Waals surface area contributed by atoms with Gasteiger partial charge in [0.2, 0.25) is 11.8 Å². The molecule has 0 bridgehead atoms. The summed E-state index contributed by atoms with van der Waals surface area (Å²) in [7, 11) is 0. The molecular formula is C26H27N5O8. The number of amides is 5. The number of carbonyl (C=O) groups is 6. The van der Waals surface area contributed by atoms with Crippen LogP contribution in [0.5, 0.6) is 5.75 Å². The van der Waals surface area contributed by atoms with Crippen LogP contribution in [0.25, 0.3) is 0 Å². The normalized spacial score (nSPS) is 16.5. The summed E-state index contributed by atoms with van der Waals surface area (Å²) in [6.07, 6.45) is 0.0424. The quantitative estimate of drug-likeness (QED) is 0.119. The van der Waals surface area contributed by atoms with Gasteiger partial charge < -0.3 is 14.8 Å². The maximum atomic E-state index is 13.0. The molecule has 1 atom stereocenters. The second-order valence-electron chi connectivity index (χ2n) is 8.69. The lowest BCUT2D eigenvalue weighted by atomic mass is 10.0. The van der Waals surface area contributed by atoms with Crippen LogP contribution >= 0.6 is 0 Å². The Labute approximate surface area is 223 Å². The first-order valence-electron chi connectivity index (χ1n) is 12.2. The highest BCUT2D eigenvalue weighted by molar-refractivity contribution is 6.24. The lowest BCUT2D eigenvalue weighted by molar-refractivity contribution is -0.144. The highest BCUT2D eigenvalue weighted by atomic mass is 16.5. The zero-order valence-corrected chi connectivity index (χ0v) is 20.9. The number of hydrogen-bond donors (Lipinski definition) is 4. The fourth-order valence-corrected chi connectivity index (χ4v) is 4.06. The van der Waals surface area contributed by atoms with E-state index in [1.165, 1.54) is 18.2 Å². The molecule has 0 spiro atoms. The Morgan fingerprint density at radius 3 is 2.51 bits per heavy atom. The van der Waals surface area contributed by atoms with Crippen molar-refractivity contribution in [2.45, 2.75) is 25.5 Å². The average Bonchev–Trinajstić information content (AvgIpc) is 3.19. The summed E-state index contributed by atoms with van der Waals surface area (Å²) in [5, 5.41) is 10.4. The van der Waals surface area contributed by atoms with Gasteiger partial charge in [0.25, 0.3) is 17.7 Å². The second-order valence-corrected chi connectivity index (χ2v) is 8.69. The zero-order valence-electron chi connectivity index (χ0n) is 20.9. The van der Waals surface area contributed by atoms with Crippen LogP contribution in [-0.2, 0) is 30.5 Å². The number of carbonyl (C=O) groups excluding carboxylic acids is 6. The van der Waals surface area contributed by atoms with Crippen molar-refractivity contribution in [2.75, 3.05) is 26.5 Å². The van der Waals surface area contributed by atoms with E-state index >= 15 is 0 Å². The predicted octanol–water partition coefficient (Wildman–Crippen LogP) is -0.580. The monoisotopic (exact) mass is 537 g/mol. The fourth-order valence-electron chi connectivity index (χ4n) is 4.06. The molecule has 0 aromatic heterocycles. The maximum Gasteiger partial charge on any atom is 0.320 e. The molecule has 1 unspecified atom stereocenters. The van der Waals surface area contributed by atoms with E-state index in [2.05, 4.69) is 21.3 Å². The molecule has 2 aliphatic rings. The second kappa shape index (κ2) is 12.8. The molecule has 0 saturated carbocycles. The van der Waals surface area contributed by atoms with Gasteiger partial charge in [-0.1, -0.05) is 36.4 Å². The number of piperidine rings is 1. The molecule has 2 heterocycles. The van der Waals surface area contributed by atoms with E-state index in [0.717, 1.165) is 10.5 Å². The van der Waals surface area contributed by atoms with Crippen molar-refractivity contribution in [2.24, 2.45) is 0 Å². The van der Waals surface area contributed by atoms with Crippen LogP contribution in [0.4, 0.5) is 0 Å². The van der Waals surface area contributed by atoms with Crippen LogP contribution in [0.1, 0.15) is 39.1 Å². The molecule has 13 heteroatoms.